The molecule has 0 spiro atoms. The maximum atomic E-state index is 11.4. The summed E-state index contributed by atoms with van der Waals surface area (Å²) in [5.74, 6) is -0.328. The van der Waals surface area contributed by atoms with Gasteiger partial charge in [0.05, 0.1) is 19.6 Å². The summed E-state index contributed by atoms with van der Waals surface area (Å²) < 4.78 is 4.68. The van der Waals surface area contributed by atoms with Crippen molar-refractivity contribution in [3.8, 4) is 0 Å². The van der Waals surface area contributed by atoms with Gasteiger partial charge in [-0.25, -0.2) is 0 Å². The minimum atomic E-state index is -0.753. The number of nitrogens with one attached hydrogen (secondary N) is 1. The molecule has 1 saturated carbocycles. The first-order valence-electron chi connectivity index (χ1n) is 6.36. The number of esters is 1. The first-order chi connectivity index (χ1) is 9.10. The Kier molecular flexibility index (Phi) is 4.80. The highest BCUT2D eigenvalue weighted by Gasteiger charge is 2.30. The first kappa shape index (κ1) is 14.3. The molecule has 0 bridgehead atoms. The summed E-state index contributed by atoms with van der Waals surface area (Å²) in [5, 5.41) is 14.3. The minimum Gasteiger partial charge on any atom is -0.469 e. The van der Waals surface area contributed by atoms with E-state index in [-0.39, 0.29) is 18.4 Å². The fraction of sp³-hybridized carbons (Fsp3) is 0.500. The fourth-order valence-corrected chi connectivity index (χ4v) is 2.10. The van der Waals surface area contributed by atoms with Crippen molar-refractivity contribution in [2.45, 2.75) is 37.5 Å². The summed E-state index contributed by atoms with van der Waals surface area (Å²) in [7, 11) is 1.35. The summed E-state index contributed by atoms with van der Waals surface area (Å²) in [5.41, 5.74) is 0.742. The standard InChI is InChI=1S/C14H18ClNO3/c1-19-13(17)8-12(16-11-6-7-11)14(18)9-2-4-10(15)5-3-9/h2-5,11-12,14,16,18H,6-8H2,1H3. The summed E-state index contributed by atoms with van der Waals surface area (Å²) >= 11 is 5.83. The first-order valence-corrected chi connectivity index (χ1v) is 6.74. The maximum Gasteiger partial charge on any atom is 0.307 e. The minimum absolute atomic E-state index is 0.150. The van der Waals surface area contributed by atoms with E-state index in [2.05, 4.69) is 10.1 Å². The van der Waals surface area contributed by atoms with Crippen LogP contribution in [-0.2, 0) is 9.53 Å². The lowest BCUT2D eigenvalue weighted by Crippen LogP contribution is -2.38. The van der Waals surface area contributed by atoms with Gasteiger partial charge >= 0.3 is 5.97 Å². The second kappa shape index (κ2) is 6.37. The molecule has 1 aromatic carbocycles. The number of hydrogen-bond acceptors (Lipinski definition) is 4. The predicted octanol–water partition coefficient (Wildman–Crippen LogP) is 2.06. The molecule has 0 aliphatic heterocycles. The summed E-state index contributed by atoms with van der Waals surface area (Å²) in [6.07, 6.45) is 1.57. The third-order valence-electron chi connectivity index (χ3n) is 3.23. The van der Waals surface area contributed by atoms with Crippen LogP contribution in [0.3, 0.4) is 0 Å². The van der Waals surface area contributed by atoms with Crippen LogP contribution in [0.15, 0.2) is 24.3 Å². The predicted molar refractivity (Wildman–Crippen MR) is 73.0 cm³/mol. The zero-order valence-electron chi connectivity index (χ0n) is 10.8. The topological polar surface area (TPSA) is 58.6 Å². The van der Waals surface area contributed by atoms with Crippen molar-refractivity contribution < 1.29 is 14.6 Å². The molecular weight excluding hydrogens is 266 g/mol. The number of carbonyl (C=O) groups excluding carboxylic acids is 1. The third kappa shape index (κ3) is 4.20. The summed E-state index contributed by atoms with van der Waals surface area (Å²) in [4.78, 5) is 11.4. The zero-order chi connectivity index (χ0) is 13.8. The van der Waals surface area contributed by atoms with Crippen LogP contribution in [0.1, 0.15) is 30.9 Å². The molecule has 0 saturated heterocycles. The normalized spacial score (nSPS) is 17.8. The van der Waals surface area contributed by atoms with Gasteiger partial charge in [0.15, 0.2) is 0 Å². The molecule has 2 rings (SSSR count). The molecule has 2 atom stereocenters. The molecule has 1 aliphatic rings. The Labute approximate surface area is 117 Å². The van der Waals surface area contributed by atoms with E-state index < -0.39 is 6.10 Å². The van der Waals surface area contributed by atoms with Gasteiger partial charge in [-0.1, -0.05) is 23.7 Å². The summed E-state index contributed by atoms with van der Waals surface area (Å²) in [6, 6.07) is 7.06. The van der Waals surface area contributed by atoms with Gasteiger partial charge in [-0.3, -0.25) is 4.79 Å². The van der Waals surface area contributed by atoms with Crippen LogP contribution in [0.25, 0.3) is 0 Å². The number of ether oxygens (including phenoxy) is 1. The Morgan fingerprint density at radius 2 is 2.11 bits per heavy atom. The second-order valence-electron chi connectivity index (χ2n) is 4.82. The van der Waals surface area contributed by atoms with Crippen molar-refractivity contribution in [3.05, 3.63) is 34.9 Å². The van der Waals surface area contributed by atoms with Gasteiger partial charge < -0.3 is 15.2 Å². The lowest BCUT2D eigenvalue weighted by Gasteiger charge is -2.23. The van der Waals surface area contributed by atoms with Crippen LogP contribution >= 0.6 is 11.6 Å². The highest BCUT2D eigenvalue weighted by atomic mass is 35.5. The van der Waals surface area contributed by atoms with Crippen molar-refractivity contribution in [1.29, 1.82) is 0 Å². The van der Waals surface area contributed by atoms with Gasteiger partial charge in [0, 0.05) is 17.1 Å². The number of carbonyl (C=O) groups is 1. The van der Waals surface area contributed by atoms with Crippen LogP contribution in [-0.4, -0.2) is 30.3 Å². The molecule has 1 fully saturated rings. The number of aliphatic hydroxyl groups is 1. The number of benzene rings is 1. The molecule has 4 nitrogen and oxygen atoms in total. The van der Waals surface area contributed by atoms with Gasteiger partial charge in [-0.15, -0.1) is 0 Å². The van der Waals surface area contributed by atoms with Crippen LogP contribution in [0.2, 0.25) is 5.02 Å². The molecule has 1 aliphatic carbocycles. The molecule has 1 aromatic rings. The van der Waals surface area contributed by atoms with Crippen LogP contribution in [0.5, 0.6) is 0 Å². The fourth-order valence-electron chi connectivity index (χ4n) is 1.97. The van der Waals surface area contributed by atoms with Gasteiger partial charge in [0.2, 0.25) is 0 Å². The lowest BCUT2D eigenvalue weighted by atomic mass is 9.99. The van der Waals surface area contributed by atoms with Crippen LogP contribution in [0, 0.1) is 0 Å². The highest BCUT2D eigenvalue weighted by Crippen LogP contribution is 2.26. The molecule has 5 heteroatoms. The molecule has 19 heavy (non-hydrogen) atoms. The highest BCUT2D eigenvalue weighted by molar-refractivity contribution is 6.30. The Balaban J connectivity index is 2.06. The molecular formula is C14H18ClNO3. The third-order valence-corrected chi connectivity index (χ3v) is 3.49. The maximum absolute atomic E-state index is 11.4. The van der Waals surface area contributed by atoms with Gasteiger partial charge in [-0.05, 0) is 30.5 Å². The van der Waals surface area contributed by atoms with Crippen molar-refractivity contribution in [3.63, 3.8) is 0 Å². The SMILES string of the molecule is COC(=O)CC(NC1CC1)C(O)c1ccc(Cl)cc1. The smallest absolute Gasteiger partial charge is 0.307 e. The van der Waals surface area contributed by atoms with Gasteiger partial charge in [-0.2, -0.15) is 0 Å². The van der Waals surface area contributed by atoms with E-state index in [9.17, 15) is 9.90 Å². The molecule has 0 aromatic heterocycles. The van der Waals surface area contributed by atoms with Gasteiger partial charge in [0.25, 0.3) is 0 Å². The molecule has 2 N–H and O–H groups in total. The van der Waals surface area contributed by atoms with E-state index in [4.69, 9.17) is 11.6 Å². The zero-order valence-corrected chi connectivity index (χ0v) is 11.6. The molecule has 0 amide bonds. The van der Waals surface area contributed by atoms with Crippen LogP contribution in [0.4, 0.5) is 0 Å². The molecule has 2 unspecified atom stereocenters. The number of aliphatic hydroxyl groups excluding tert-OH is 1. The number of hydrogen-bond donors (Lipinski definition) is 2. The monoisotopic (exact) mass is 283 g/mol. The van der Waals surface area contributed by atoms with E-state index in [0.29, 0.717) is 11.1 Å². The second-order valence-corrected chi connectivity index (χ2v) is 5.26. The van der Waals surface area contributed by atoms with Crippen molar-refractivity contribution in [2.24, 2.45) is 0 Å². The van der Waals surface area contributed by atoms with E-state index in [1.54, 1.807) is 24.3 Å². The Morgan fingerprint density at radius 1 is 1.47 bits per heavy atom. The van der Waals surface area contributed by atoms with Gasteiger partial charge in [0.1, 0.15) is 0 Å². The average molecular weight is 284 g/mol. The van der Waals surface area contributed by atoms with E-state index >= 15 is 0 Å². The van der Waals surface area contributed by atoms with Crippen LogP contribution < -0.4 is 5.32 Å². The largest absolute Gasteiger partial charge is 0.469 e. The Hall–Kier alpha value is -1.10. The molecule has 0 heterocycles. The van der Waals surface area contributed by atoms with Crippen molar-refractivity contribution >= 4 is 17.6 Å². The van der Waals surface area contributed by atoms with E-state index in [0.717, 1.165) is 18.4 Å². The quantitative estimate of drug-likeness (QED) is 0.785. The van der Waals surface area contributed by atoms with Crippen molar-refractivity contribution in [1.82, 2.24) is 5.32 Å². The summed E-state index contributed by atoms with van der Waals surface area (Å²) in [6.45, 7) is 0. The van der Waals surface area contributed by atoms with Crippen molar-refractivity contribution in [2.75, 3.05) is 7.11 Å². The Morgan fingerprint density at radius 3 is 2.63 bits per heavy atom. The molecule has 0 radical (unpaired) electrons. The Bertz CT molecular complexity index is 431. The number of rotatable bonds is 6. The molecule has 104 valence electrons. The number of methoxy groups -OCH3 is 1. The lowest BCUT2D eigenvalue weighted by molar-refractivity contribution is -0.142. The average Bonchev–Trinajstić information content (AvgIpc) is 3.22. The number of halogens is 1. The van der Waals surface area contributed by atoms with E-state index in [1.165, 1.54) is 7.11 Å². The van der Waals surface area contributed by atoms with E-state index in [1.807, 2.05) is 0 Å².